The zero-order chi connectivity index (χ0) is 18.1. The Kier molecular flexibility index (Phi) is 6.37. The van der Waals surface area contributed by atoms with Crippen LogP contribution in [0.25, 0.3) is 0 Å². The van der Waals surface area contributed by atoms with Gasteiger partial charge in [0.25, 0.3) is 5.91 Å². The van der Waals surface area contributed by atoms with Gasteiger partial charge in [0.2, 0.25) is 5.91 Å². The second-order valence-electron chi connectivity index (χ2n) is 5.05. The summed E-state index contributed by atoms with van der Waals surface area (Å²) in [7, 11) is 1.57. The third-order valence-electron chi connectivity index (χ3n) is 3.22. The van der Waals surface area contributed by atoms with Crippen molar-refractivity contribution in [2.24, 2.45) is 0 Å². The summed E-state index contributed by atoms with van der Waals surface area (Å²) in [6.45, 7) is -0.255. The van der Waals surface area contributed by atoms with Gasteiger partial charge in [-0.25, -0.2) is 0 Å². The monoisotopic (exact) mass is 339 g/mol. The van der Waals surface area contributed by atoms with Crippen molar-refractivity contribution in [2.45, 2.75) is 6.42 Å². The minimum absolute atomic E-state index is 0.126. The molecule has 7 nitrogen and oxygen atoms in total. The molecule has 0 heterocycles. The van der Waals surface area contributed by atoms with Crippen LogP contribution in [0.15, 0.2) is 48.5 Å². The van der Waals surface area contributed by atoms with Gasteiger partial charge in [-0.2, -0.15) is 5.26 Å². The van der Waals surface area contributed by atoms with E-state index in [2.05, 4.69) is 10.9 Å². The van der Waals surface area contributed by atoms with Crippen molar-refractivity contribution in [3.8, 4) is 17.6 Å². The fraction of sp³-hybridized carbons (Fsp3) is 0.167. The fourth-order valence-corrected chi connectivity index (χ4v) is 1.92. The van der Waals surface area contributed by atoms with E-state index in [9.17, 15) is 9.59 Å². The summed E-state index contributed by atoms with van der Waals surface area (Å²) in [6, 6.07) is 15.4. The van der Waals surface area contributed by atoms with Crippen LogP contribution in [0.5, 0.6) is 11.5 Å². The van der Waals surface area contributed by atoms with Crippen molar-refractivity contribution in [3.05, 3.63) is 59.7 Å². The number of nitrogens with one attached hydrogen (secondary N) is 2. The zero-order valence-corrected chi connectivity index (χ0v) is 13.6. The number of hydrogen-bond acceptors (Lipinski definition) is 5. The van der Waals surface area contributed by atoms with Gasteiger partial charge in [0.1, 0.15) is 11.5 Å². The van der Waals surface area contributed by atoms with E-state index in [0.29, 0.717) is 17.1 Å². The largest absolute Gasteiger partial charge is 0.497 e. The Balaban J connectivity index is 1.71. The molecule has 128 valence electrons. The Morgan fingerprint density at radius 2 is 1.56 bits per heavy atom. The second kappa shape index (κ2) is 8.93. The molecule has 0 aromatic heterocycles. The lowest BCUT2D eigenvalue weighted by Crippen LogP contribution is -2.44. The maximum Gasteiger partial charge on any atom is 0.276 e. The van der Waals surface area contributed by atoms with Crippen molar-refractivity contribution < 1.29 is 19.1 Å². The summed E-state index contributed by atoms with van der Waals surface area (Å²) in [5.41, 5.74) is 5.89. The molecule has 0 saturated carbocycles. The van der Waals surface area contributed by atoms with E-state index in [0.717, 1.165) is 5.56 Å². The van der Waals surface area contributed by atoms with E-state index >= 15 is 0 Å². The van der Waals surface area contributed by atoms with Crippen molar-refractivity contribution >= 4 is 11.8 Å². The number of rotatable bonds is 6. The van der Waals surface area contributed by atoms with Crippen LogP contribution in [0.1, 0.15) is 11.1 Å². The molecular formula is C18H17N3O4. The highest BCUT2D eigenvalue weighted by atomic mass is 16.5. The second-order valence-corrected chi connectivity index (χ2v) is 5.05. The molecule has 0 aliphatic rings. The zero-order valence-electron chi connectivity index (χ0n) is 13.6. The third-order valence-corrected chi connectivity index (χ3v) is 3.22. The molecule has 2 aromatic rings. The van der Waals surface area contributed by atoms with E-state index in [4.69, 9.17) is 14.7 Å². The smallest absolute Gasteiger partial charge is 0.276 e. The number of nitrogens with zero attached hydrogens (tertiary/aromatic N) is 1. The first-order chi connectivity index (χ1) is 12.1. The number of hydrogen-bond donors (Lipinski definition) is 2. The average molecular weight is 339 g/mol. The molecule has 7 heteroatoms. The predicted octanol–water partition coefficient (Wildman–Crippen LogP) is 1.34. The third kappa shape index (κ3) is 5.88. The molecule has 2 aromatic carbocycles. The molecule has 0 aliphatic heterocycles. The first-order valence-corrected chi connectivity index (χ1v) is 7.44. The summed E-state index contributed by atoms with van der Waals surface area (Å²) in [5, 5.41) is 8.70. The number of amides is 2. The van der Waals surface area contributed by atoms with Gasteiger partial charge >= 0.3 is 0 Å². The number of nitriles is 1. The molecular weight excluding hydrogens is 322 g/mol. The van der Waals surface area contributed by atoms with Crippen LogP contribution in [0.2, 0.25) is 0 Å². The molecule has 2 amide bonds. The van der Waals surface area contributed by atoms with Crippen molar-refractivity contribution in [1.82, 2.24) is 10.9 Å². The van der Waals surface area contributed by atoms with E-state index in [1.54, 1.807) is 55.6 Å². The summed E-state index contributed by atoms with van der Waals surface area (Å²) < 4.78 is 10.3. The molecule has 2 N–H and O–H groups in total. The van der Waals surface area contributed by atoms with Gasteiger partial charge in [-0.15, -0.1) is 0 Å². The van der Waals surface area contributed by atoms with Crippen molar-refractivity contribution in [2.75, 3.05) is 13.7 Å². The Hall–Kier alpha value is -3.53. The van der Waals surface area contributed by atoms with Crippen LogP contribution in [-0.2, 0) is 16.0 Å². The van der Waals surface area contributed by atoms with Crippen LogP contribution in [0.3, 0.4) is 0 Å². The van der Waals surface area contributed by atoms with E-state index in [1.807, 2.05) is 6.07 Å². The van der Waals surface area contributed by atoms with E-state index in [-0.39, 0.29) is 18.9 Å². The molecule has 0 spiro atoms. The quantitative estimate of drug-likeness (QED) is 0.774. The number of benzene rings is 2. The van der Waals surface area contributed by atoms with Gasteiger partial charge in [0.05, 0.1) is 25.2 Å². The normalized spacial score (nSPS) is 9.60. The van der Waals surface area contributed by atoms with Gasteiger partial charge in [-0.3, -0.25) is 20.4 Å². The number of ether oxygens (including phenoxy) is 2. The predicted molar refractivity (Wildman–Crippen MR) is 89.6 cm³/mol. The van der Waals surface area contributed by atoms with E-state index in [1.165, 1.54) is 0 Å². The molecule has 0 aliphatic carbocycles. The lowest BCUT2D eigenvalue weighted by Gasteiger charge is -2.09. The van der Waals surface area contributed by atoms with Crippen LogP contribution in [0.4, 0.5) is 0 Å². The van der Waals surface area contributed by atoms with Gasteiger partial charge in [0, 0.05) is 0 Å². The highest BCUT2D eigenvalue weighted by molar-refractivity contribution is 5.83. The highest BCUT2D eigenvalue weighted by Crippen LogP contribution is 2.12. The number of methoxy groups -OCH3 is 1. The summed E-state index contributed by atoms with van der Waals surface area (Å²) >= 11 is 0. The Bertz CT molecular complexity index is 764. The van der Waals surface area contributed by atoms with Crippen LogP contribution < -0.4 is 20.3 Å². The highest BCUT2D eigenvalue weighted by Gasteiger charge is 2.07. The van der Waals surface area contributed by atoms with Gasteiger partial charge in [0.15, 0.2) is 6.61 Å². The maximum atomic E-state index is 11.8. The van der Waals surface area contributed by atoms with Crippen LogP contribution >= 0.6 is 0 Å². The Labute approximate surface area is 145 Å². The Morgan fingerprint density at radius 3 is 2.16 bits per heavy atom. The topological polar surface area (TPSA) is 100 Å². The van der Waals surface area contributed by atoms with Crippen molar-refractivity contribution in [3.63, 3.8) is 0 Å². The maximum absolute atomic E-state index is 11.8. The lowest BCUT2D eigenvalue weighted by molar-refractivity contribution is -0.129. The Morgan fingerprint density at radius 1 is 0.960 bits per heavy atom. The average Bonchev–Trinajstić information content (AvgIpc) is 2.65. The molecule has 0 saturated heterocycles. The number of carbonyl (C=O) groups excluding carboxylic acids is 2. The summed E-state index contributed by atoms with van der Waals surface area (Å²) in [5.74, 6) is 0.320. The summed E-state index contributed by atoms with van der Waals surface area (Å²) in [6.07, 6.45) is 0.126. The molecule has 0 atom stereocenters. The minimum Gasteiger partial charge on any atom is -0.497 e. The molecule has 0 radical (unpaired) electrons. The number of hydrazine groups is 1. The first-order valence-electron chi connectivity index (χ1n) is 7.44. The SMILES string of the molecule is COc1ccc(CC(=O)NNC(=O)COc2ccc(C#N)cc2)cc1. The summed E-state index contributed by atoms with van der Waals surface area (Å²) in [4.78, 5) is 23.4. The molecule has 0 unspecified atom stereocenters. The first kappa shape index (κ1) is 17.8. The van der Waals surface area contributed by atoms with Crippen LogP contribution in [0, 0.1) is 11.3 Å². The molecule has 0 bridgehead atoms. The fourth-order valence-electron chi connectivity index (χ4n) is 1.92. The lowest BCUT2D eigenvalue weighted by atomic mass is 10.1. The van der Waals surface area contributed by atoms with Crippen molar-refractivity contribution in [1.29, 1.82) is 5.26 Å². The molecule has 25 heavy (non-hydrogen) atoms. The minimum atomic E-state index is -0.493. The van der Waals surface area contributed by atoms with Gasteiger partial charge < -0.3 is 9.47 Å². The number of carbonyl (C=O) groups is 2. The standard InChI is InChI=1S/C18H17N3O4/c1-24-15-6-2-13(3-7-15)10-17(22)20-21-18(23)12-25-16-8-4-14(11-19)5-9-16/h2-9H,10,12H2,1H3,(H,20,22)(H,21,23). The molecule has 0 fully saturated rings. The van der Waals surface area contributed by atoms with Gasteiger partial charge in [-0.05, 0) is 42.0 Å². The van der Waals surface area contributed by atoms with E-state index < -0.39 is 5.91 Å². The van der Waals surface area contributed by atoms with Gasteiger partial charge in [-0.1, -0.05) is 12.1 Å². The molecule has 2 rings (SSSR count). The van der Waals surface area contributed by atoms with Crippen LogP contribution in [-0.4, -0.2) is 25.5 Å².